The maximum atomic E-state index is 11.8. The van der Waals surface area contributed by atoms with Gasteiger partial charge in [0.2, 0.25) is 0 Å². The Balaban J connectivity index is 2.62. The predicted octanol–water partition coefficient (Wildman–Crippen LogP) is 3.16. The Hall–Kier alpha value is -1.64. The number of carbonyl (C=O) groups excluding carboxylic acids is 1. The van der Waals surface area contributed by atoms with Crippen LogP contribution in [0.4, 0.5) is 5.69 Å². The quantitative estimate of drug-likeness (QED) is 0.300. The van der Waals surface area contributed by atoms with E-state index in [1.54, 1.807) is 13.8 Å². The Kier molecular flexibility index (Phi) is 6.99. The third-order valence-corrected chi connectivity index (χ3v) is 4.97. The molecule has 1 rings (SSSR count). The molecule has 0 heterocycles. The SMILES string of the molecule is CC(=NOCC(=O)Nc1cc(C)cc(C)c1)C(C)(CI)C(=O)O. The number of alkyl halides is 1. The Morgan fingerprint density at radius 1 is 1.30 bits per heavy atom. The standard InChI is InChI=1S/C16H21IN2O4/c1-10-5-11(2)7-13(6-10)18-14(20)8-23-19-12(3)16(4,9-17)15(21)22/h5-7H,8-9H2,1-4H3,(H,18,20)(H,21,22). The average Bonchev–Trinajstić information content (AvgIpc) is 2.44. The number of hydrogen-bond acceptors (Lipinski definition) is 4. The molecule has 0 spiro atoms. The smallest absolute Gasteiger partial charge is 0.316 e. The summed E-state index contributed by atoms with van der Waals surface area (Å²) in [5.41, 5.74) is 2.01. The van der Waals surface area contributed by atoms with Crippen LogP contribution < -0.4 is 5.32 Å². The molecule has 1 atom stereocenters. The monoisotopic (exact) mass is 432 g/mol. The van der Waals surface area contributed by atoms with Gasteiger partial charge in [-0.3, -0.25) is 9.59 Å². The Labute approximate surface area is 149 Å². The van der Waals surface area contributed by atoms with E-state index in [0.29, 0.717) is 15.8 Å². The van der Waals surface area contributed by atoms with Crippen LogP contribution in [-0.2, 0) is 14.4 Å². The summed E-state index contributed by atoms with van der Waals surface area (Å²) in [5.74, 6) is -1.32. The molecule has 7 heteroatoms. The van der Waals surface area contributed by atoms with E-state index in [-0.39, 0.29) is 12.5 Å². The number of amides is 1. The van der Waals surface area contributed by atoms with Crippen LogP contribution >= 0.6 is 22.6 Å². The van der Waals surface area contributed by atoms with E-state index >= 15 is 0 Å². The lowest BCUT2D eigenvalue weighted by Crippen LogP contribution is -2.36. The predicted molar refractivity (Wildman–Crippen MR) is 98.2 cm³/mol. The summed E-state index contributed by atoms with van der Waals surface area (Å²) in [7, 11) is 0. The van der Waals surface area contributed by atoms with Crippen molar-refractivity contribution < 1.29 is 19.5 Å². The lowest BCUT2D eigenvalue weighted by Gasteiger charge is -2.21. The minimum atomic E-state index is -1.11. The molecule has 0 saturated carbocycles. The zero-order chi connectivity index (χ0) is 17.6. The van der Waals surface area contributed by atoms with Gasteiger partial charge in [0.1, 0.15) is 5.41 Å². The van der Waals surface area contributed by atoms with Gasteiger partial charge in [-0.15, -0.1) is 0 Å². The molecular weight excluding hydrogens is 411 g/mol. The first-order valence-electron chi connectivity index (χ1n) is 7.03. The zero-order valence-electron chi connectivity index (χ0n) is 13.6. The maximum absolute atomic E-state index is 11.8. The van der Waals surface area contributed by atoms with Crippen molar-refractivity contribution in [1.29, 1.82) is 0 Å². The zero-order valence-corrected chi connectivity index (χ0v) is 15.8. The number of hydrogen-bond donors (Lipinski definition) is 2. The minimum absolute atomic E-state index is 0.277. The van der Waals surface area contributed by atoms with E-state index in [9.17, 15) is 14.7 Å². The van der Waals surface area contributed by atoms with Crippen LogP contribution in [0.3, 0.4) is 0 Å². The van der Waals surface area contributed by atoms with Crippen molar-refractivity contribution in [2.75, 3.05) is 16.4 Å². The number of halogens is 1. The minimum Gasteiger partial charge on any atom is -0.481 e. The average molecular weight is 432 g/mol. The fraction of sp³-hybridized carbons (Fsp3) is 0.438. The molecule has 6 nitrogen and oxygen atoms in total. The van der Waals surface area contributed by atoms with Crippen molar-refractivity contribution in [3.8, 4) is 0 Å². The van der Waals surface area contributed by atoms with Crippen molar-refractivity contribution in [3.05, 3.63) is 29.3 Å². The van der Waals surface area contributed by atoms with Gasteiger partial charge in [0.15, 0.2) is 6.61 Å². The van der Waals surface area contributed by atoms with E-state index in [0.717, 1.165) is 11.1 Å². The Morgan fingerprint density at radius 2 is 1.87 bits per heavy atom. The van der Waals surface area contributed by atoms with E-state index in [2.05, 4.69) is 10.5 Å². The van der Waals surface area contributed by atoms with Crippen LogP contribution in [0, 0.1) is 19.3 Å². The van der Waals surface area contributed by atoms with Gasteiger partial charge in [0, 0.05) is 10.1 Å². The number of carboxylic acids is 1. The summed E-state index contributed by atoms with van der Waals surface area (Å²) >= 11 is 1.99. The second-order valence-electron chi connectivity index (χ2n) is 5.65. The second kappa shape index (κ2) is 8.28. The molecule has 1 unspecified atom stereocenters. The molecule has 0 fully saturated rings. The molecule has 126 valence electrons. The van der Waals surface area contributed by atoms with Crippen molar-refractivity contribution in [3.63, 3.8) is 0 Å². The lowest BCUT2D eigenvalue weighted by molar-refractivity contribution is -0.142. The summed E-state index contributed by atoms with van der Waals surface area (Å²) in [4.78, 5) is 28.1. The highest BCUT2D eigenvalue weighted by Crippen LogP contribution is 2.22. The van der Waals surface area contributed by atoms with Gasteiger partial charge in [0.25, 0.3) is 5.91 Å². The van der Waals surface area contributed by atoms with Gasteiger partial charge in [0.05, 0.1) is 5.71 Å². The molecule has 0 aromatic heterocycles. The van der Waals surface area contributed by atoms with E-state index < -0.39 is 11.4 Å². The second-order valence-corrected chi connectivity index (χ2v) is 6.41. The molecule has 0 radical (unpaired) electrons. The maximum Gasteiger partial charge on any atom is 0.316 e. The molecule has 0 aliphatic heterocycles. The number of carboxylic acid groups (broad SMARTS) is 1. The molecule has 0 saturated heterocycles. The molecule has 0 aliphatic carbocycles. The largest absolute Gasteiger partial charge is 0.481 e. The van der Waals surface area contributed by atoms with Gasteiger partial charge < -0.3 is 15.3 Å². The first-order valence-corrected chi connectivity index (χ1v) is 8.56. The van der Waals surface area contributed by atoms with Crippen molar-refractivity contribution in [2.45, 2.75) is 27.7 Å². The highest BCUT2D eigenvalue weighted by atomic mass is 127. The van der Waals surface area contributed by atoms with E-state index in [1.165, 1.54) is 0 Å². The number of carbonyl (C=O) groups is 2. The first-order chi connectivity index (χ1) is 10.7. The molecule has 1 amide bonds. The van der Waals surface area contributed by atoms with Gasteiger partial charge in [-0.2, -0.15) is 0 Å². The number of rotatable bonds is 7. The number of nitrogens with one attached hydrogen (secondary N) is 1. The number of aryl methyl sites for hydroxylation is 2. The number of aliphatic carboxylic acids is 1. The van der Waals surface area contributed by atoms with Crippen LogP contribution in [-0.4, -0.2) is 33.7 Å². The first kappa shape index (κ1) is 19.4. The molecule has 0 bridgehead atoms. The van der Waals surface area contributed by atoms with Gasteiger partial charge in [-0.25, -0.2) is 0 Å². The third kappa shape index (κ3) is 5.49. The summed E-state index contributed by atoms with van der Waals surface area (Å²) in [6.07, 6.45) is 0. The summed E-state index contributed by atoms with van der Waals surface area (Å²) in [6.45, 7) is 6.77. The van der Waals surface area contributed by atoms with E-state index in [4.69, 9.17) is 4.84 Å². The van der Waals surface area contributed by atoms with Gasteiger partial charge in [-0.1, -0.05) is 33.8 Å². The van der Waals surface area contributed by atoms with Crippen LogP contribution in [0.25, 0.3) is 0 Å². The molecule has 2 N–H and O–H groups in total. The highest BCUT2D eigenvalue weighted by molar-refractivity contribution is 14.1. The van der Waals surface area contributed by atoms with E-state index in [1.807, 2.05) is 54.6 Å². The number of anilines is 1. The molecular formula is C16H21IN2O4. The Bertz CT molecular complexity index is 610. The number of oxime groups is 1. The summed E-state index contributed by atoms with van der Waals surface area (Å²) < 4.78 is 0.355. The van der Waals surface area contributed by atoms with Crippen molar-refractivity contribution in [2.24, 2.45) is 10.6 Å². The van der Waals surface area contributed by atoms with Crippen LogP contribution in [0.15, 0.2) is 23.4 Å². The van der Waals surface area contributed by atoms with Crippen LogP contribution in [0.1, 0.15) is 25.0 Å². The number of nitrogens with zero attached hydrogens (tertiary/aromatic N) is 1. The van der Waals surface area contributed by atoms with Crippen LogP contribution in [0.5, 0.6) is 0 Å². The highest BCUT2D eigenvalue weighted by Gasteiger charge is 2.36. The molecule has 23 heavy (non-hydrogen) atoms. The molecule has 0 aliphatic rings. The fourth-order valence-corrected chi connectivity index (χ4v) is 2.72. The van der Waals surface area contributed by atoms with Gasteiger partial charge >= 0.3 is 5.97 Å². The fourth-order valence-electron chi connectivity index (χ4n) is 1.84. The normalized spacial score (nSPS) is 14.0. The molecule has 1 aromatic carbocycles. The summed E-state index contributed by atoms with van der Waals surface area (Å²) in [5, 5.41) is 15.7. The van der Waals surface area contributed by atoms with Crippen molar-refractivity contribution in [1.82, 2.24) is 0 Å². The van der Waals surface area contributed by atoms with Crippen molar-refractivity contribution >= 4 is 45.9 Å². The summed E-state index contributed by atoms with van der Waals surface area (Å²) in [6, 6.07) is 5.73. The Morgan fingerprint density at radius 3 is 2.35 bits per heavy atom. The molecule has 1 aromatic rings. The van der Waals surface area contributed by atoms with Gasteiger partial charge in [-0.05, 0) is 51.0 Å². The van der Waals surface area contributed by atoms with Crippen LogP contribution in [0.2, 0.25) is 0 Å². The topological polar surface area (TPSA) is 88.0 Å². The third-order valence-electron chi connectivity index (χ3n) is 3.44. The lowest BCUT2D eigenvalue weighted by atomic mass is 9.89. The number of benzene rings is 1.